The molecule has 2 N–H and O–H groups in total. The average Bonchev–Trinajstić information content (AvgIpc) is 2.85. The fraction of sp³-hybridized carbons (Fsp3) is 0.200. The van der Waals surface area contributed by atoms with Crippen molar-refractivity contribution in [2.75, 3.05) is 43.5 Å². The average molecular weight is 431 g/mol. The minimum atomic E-state index is -0.171. The van der Waals surface area contributed by atoms with Gasteiger partial charge >= 0.3 is 0 Å². The molecule has 0 saturated carbocycles. The van der Waals surface area contributed by atoms with Gasteiger partial charge in [0.15, 0.2) is 0 Å². The molecule has 1 saturated heterocycles. The van der Waals surface area contributed by atoms with E-state index in [4.69, 9.17) is 9.47 Å². The fourth-order valence-electron chi connectivity index (χ4n) is 3.30. The van der Waals surface area contributed by atoms with Crippen molar-refractivity contribution in [3.63, 3.8) is 0 Å². The maximum Gasteiger partial charge on any atom is 0.254 e. The van der Waals surface area contributed by atoms with Crippen LogP contribution >= 0.6 is 0 Å². The van der Waals surface area contributed by atoms with E-state index < -0.39 is 0 Å². The molecule has 4 rings (SSSR count). The van der Waals surface area contributed by atoms with E-state index in [1.54, 1.807) is 53.4 Å². The van der Waals surface area contributed by atoms with E-state index in [-0.39, 0.29) is 18.4 Å². The van der Waals surface area contributed by atoms with E-state index in [2.05, 4.69) is 10.6 Å². The Kier molecular flexibility index (Phi) is 6.99. The van der Waals surface area contributed by atoms with Gasteiger partial charge in [0.25, 0.3) is 5.91 Å². The van der Waals surface area contributed by atoms with E-state index in [0.29, 0.717) is 43.3 Å². The number of amides is 2. The molecule has 0 spiro atoms. The van der Waals surface area contributed by atoms with E-state index in [1.807, 2.05) is 30.3 Å². The van der Waals surface area contributed by atoms with Crippen LogP contribution in [-0.4, -0.2) is 49.6 Å². The summed E-state index contributed by atoms with van der Waals surface area (Å²) in [4.78, 5) is 26.5. The van der Waals surface area contributed by atoms with Gasteiger partial charge in [-0.3, -0.25) is 9.59 Å². The molecule has 3 aromatic rings. The highest BCUT2D eigenvalue weighted by molar-refractivity contribution is 5.95. The van der Waals surface area contributed by atoms with Gasteiger partial charge in [0.2, 0.25) is 5.91 Å². The number of nitrogens with zero attached hydrogens (tertiary/aromatic N) is 1. The summed E-state index contributed by atoms with van der Waals surface area (Å²) in [6.07, 6.45) is 0. The zero-order valence-corrected chi connectivity index (χ0v) is 17.6. The van der Waals surface area contributed by atoms with Crippen LogP contribution < -0.4 is 15.4 Å². The summed E-state index contributed by atoms with van der Waals surface area (Å²) in [5.41, 5.74) is 2.08. The van der Waals surface area contributed by atoms with Gasteiger partial charge < -0.3 is 25.0 Å². The number of hydrogen-bond acceptors (Lipinski definition) is 5. The van der Waals surface area contributed by atoms with Crippen LogP contribution in [0.4, 0.5) is 11.4 Å². The monoisotopic (exact) mass is 431 g/mol. The second-order valence-electron chi connectivity index (χ2n) is 7.32. The van der Waals surface area contributed by atoms with Gasteiger partial charge in [-0.15, -0.1) is 0 Å². The molecule has 0 bridgehead atoms. The number of morpholine rings is 1. The molecule has 7 heteroatoms. The number of carbonyl (C=O) groups is 2. The molecule has 164 valence electrons. The molecule has 0 atom stereocenters. The molecule has 1 fully saturated rings. The molecule has 32 heavy (non-hydrogen) atoms. The summed E-state index contributed by atoms with van der Waals surface area (Å²) < 4.78 is 11.0. The maximum atomic E-state index is 12.5. The van der Waals surface area contributed by atoms with Crippen LogP contribution in [0.15, 0.2) is 78.9 Å². The lowest BCUT2D eigenvalue weighted by molar-refractivity contribution is -0.114. The first-order valence-electron chi connectivity index (χ1n) is 10.5. The molecule has 0 aromatic heterocycles. The van der Waals surface area contributed by atoms with Crippen molar-refractivity contribution in [2.45, 2.75) is 0 Å². The predicted molar refractivity (Wildman–Crippen MR) is 123 cm³/mol. The minimum Gasteiger partial charge on any atom is -0.457 e. The molecule has 1 aliphatic rings. The zero-order valence-electron chi connectivity index (χ0n) is 17.6. The lowest BCUT2D eigenvalue weighted by atomic mass is 10.1. The van der Waals surface area contributed by atoms with Crippen molar-refractivity contribution in [3.8, 4) is 11.5 Å². The van der Waals surface area contributed by atoms with E-state index in [0.717, 1.165) is 11.4 Å². The normalized spacial score (nSPS) is 13.3. The van der Waals surface area contributed by atoms with Crippen LogP contribution in [0.1, 0.15) is 10.4 Å². The third-order valence-corrected chi connectivity index (χ3v) is 5.00. The lowest BCUT2D eigenvalue weighted by Gasteiger charge is -2.26. The van der Waals surface area contributed by atoms with Crippen LogP contribution in [-0.2, 0) is 9.53 Å². The Morgan fingerprint density at radius 1 is 0.812 bits per heavy atom. The quantitative estimate of drug-likeness (QED) is 0.591. The van der Waals surface area contributed by atoms with Crippen LogP contribution in [0.25, 0.3) is 0 Å². The molecule has 1 heterocycles. The van der Waals surface area contributed by atoms with Gasteiger partial charge in [-0.2, -0.15) is 0 Å². The first-order valence-corrected chi connectivity index (χ1v) is 10.5. The number of ether oxygens (including phenoxy) is 2. The molecule has 0 radical (unpaired) electrons. The first-order chi connectivity index (χ1) is 15.7. The molecule has 3 aromatic carbocycles. The van der Waals surface area contributed by atoms with Gasteiger partial charge in [0.1, 0.15) is 11.5 Å². The second-order valence-corrected chi connectivity index (χ2v) is 7.32. The Bertz CT molecular complexity index is 1030. The summed E-state index contributed by atoms with van der Waals surface area (Å²) in [6.45, 7) is 2.47. The number of rotatable bonds is 7. The standard InChI is InChI=1S/C25H25N3O4/c29-24(27-21-10-12-23(13-11-21)32-22-4-2-1-3-5-22)18-26-20-8-6-19(7-9-20)25(30)28-14-16-31-17-15-28/h1-13,26H,14-18H2,(H,27,29). The predicted octanol–water partition coefficient (Wildman–Crippen LogP) is 4.00. The molecule has 2 amide bonds. The molecule has 7 nitrogen and oxygen atoms in total. The molecular formula is C25H25N3O4. The number of hydrogen-bond donors (Lipinski definition) is 2. The van der Waals surface area contributed by atoms with E-state index in [9.17, 15) is 9.59 Å². The smallest absolute Gasteiger partial charge is 0.254 e. The van der Waals surface area contributed by atoms with Crippen LogP contribution in [0, 0.1) is 0 Å². The summed E-state index contributed by atoms with van der Waals surface area (Å²) in [7, 11) is 0. The highest BCUT2D eigenvalue weighted by Crippen LogP contribution is 2.22. The largest absolute Gasteiger partial charge is 0.457 e. The highest BCUT2D eigenvalue weighted by atomic mass is 16.5. The van der Waals surface area contributed by atoms with Gasteiger partial charge in [-0.25, -0.2) is 0 Å². The SMILES string of the molecule is O=C(CNc1ccc(C(=O)N2CCOCC2)cc1)Nc1ccc(Oc2ccccc2)cc1. The number of anilines is 2. The van der Waals surface area contributed by atoms with Crippen molar-refractivity contribution >= 4 is 23.2 Å². The lowest BCUT2D eigenvalue weighted by Crippen LogP contribution is -2.40. The molecular weight excluding hydrogens is 406 g/mol. The Morgan fingerprint density at radius 3 is 2.12 bits per heavy atom. The molecule has 0 aliphatic carbocycles. The topological polar surface area (TPSA) is 79.9 Å². The van der Waals surface area contributed by atoms with Crippen molar-refractivity contribution in [2.24, 2.45) is 0 Å². The van der Waals surface area contributed by atoms with Crippen molar-refractivity contribution in [1.29, 1.82) is 0 Å². The highest BCUT2D eigenvalue weighted by Gasteiger charge is 2.18. The summed E-state index contributed by atoms with van der Waals surface area (Å²) in [5, 5.41) is 5.92. The van der Waals surface area contributed by atoms with Crippen molar-refractivity contribution < 1.29 is 19.1 Å². The first kappa shape index (κ1) is 21.4. The Balaban J connectivity index is 1.24. The van der Waals surface area contributed by atoms with Crippen molar-refractivity contribution in [1.82, 2.24) is 4.90 Å². The number of nitrogens with one attached hydrogen (secondary N) is 2. The van der Waals surface area contributed by atoms with Crippen molar-refractivity contribution in [3.05, 3.63) is 84.4 Å². The number of benzene rings is 3. The fourth-order valence-corrected chi connectivity index (χ4v) is 3.30. The summed E-state index contributed by atoms with van der Waals surface area (Å²) >= 11 is 0. The van der Waals surface area contributed by atoms with E-state index in [1.165, 1.54) is 0 Å². The third kappa shape index (κ3) is 5.86. The van der Waals surface area contributed by atoms with Gasteiger partial charge in [-0.05, 0) is 60.7 Å². The van der Waals surface area contributed by atoms with Crippen LogP contribution in [0.5, 0.6) is 11.5 Å². The van der Waals surface area contributed by atoms with Crippen LogP contribution in [0.3, 0.4) is 0 Å². The summed E-state index contributed by atoms with van der Waals surface area (Å²) in [6, 6.07) is 23.8. The Hall–Kier alpha value is -3.84. The molecule has 1 aliphatic heterocycles. The van der Waals surface area contributed by atoms with Crippen LogP contribution in [0.2, 0.25) is 0 Å². The van der Waals surface area contributed by atoms with E-state index >= 15 is 0 Å². The maximum absolute atomic E-state index is 12.5. The second kappa shape index (κ2) is 10.5. The zero-order chi connectivity index (χ0) is 22.2. The number of para-hydroxylation sites is 1. The van der Waals surface area contributed by atoms with Gasteiger partial charge in [-0.1, -0.05) is 18.2 Å². The Labute approximate surface area is 187 Å². The summed E-state index contributed by atoms with van der Waals surface area (Å²) in [5.74, 6) is 1.28. The Morgan fingerprint density at radius 2 is 1.44 bits per heavy atom. The minimum absolute atomic E-state index is 0.00251. The number of carbonyl (C=O) groups excluding carboxylic acids is 2. The van der Waals surface area contributed by atoms with Gasteiger partial charge in [0.05, 0.1) is 19.8 Å². The van der Waals surface area contributed by atoms with Gasteiger partial charge in [0, 0.05) is 30.0 Å². The third-order valence-electron chi connectivity index (χ3n) is 5.00. The molecule has 0 unspecified atom stereocenters.